The number of hydrazone groups is 1. The molecular formula is C20H22BrN3O4. The van der Waals surface area contributed by atoms with E-state index in [1.54, 1.807) is 39.2 Å². The zero-order valence-corrected chi connectivity index (χ0v) is 17.4. The van der Waals surface area contributed by atoms with Crippen molar-refractivity contribution < 1.29 is 19.1 Å². The summed E-state index contributed by atoms with van der Waals surface area (Å²) in [6.45, 7) is 3.93. The van der Waals surface area contributed by atoms with Crippen molar-refractivity contribution in [3.05, 3.63) is 58.1 Å². The zero-order valence-electron chi connectivity index (χ0n) is 15.9. The van der Waals surface area contributed by atoms with Gasteiger partial charge in [-0.15, -0.1) is 0 Å². The van der Waals surface area contributed by atoms with E-state index < -0.39 is 11.8 Å². The zero-order chi connectivity index (χ0) is 20.5. The molecule has 0 atom stereocenters. The number of rotatable bonds is 7. The molecule has 2 N–H and O–H groups in total. The van der Waals surface area contributed by atoms with E-state index in [2.05, 4.69) is 31.8 Å². The molecule has 0 aliphatic heterocycles. The van der Waals surface area contributed by atoms with Crippen LogP contribution in [-0.4, -0.2) is 31.2 Å². The van der Waals surface area contributed by atoms with Crippen molar-refractivity contribution in [3.63, 3.8) is 0 Å². The van der Waals surface area contributed by atoms with E-state index >= 15 is 0 Å². The Morgan fingerprint density at radius 1 is 1.11 bits per heavy atom. The van der Waals surface area contributed by atoms with E-state index in [9.17, 15) is 9.59 Å². The highest BCUT2D eigenvalue weighted by Gasteiger charge is 2.13. The van der Waals surface area contributed by atoms with Crippen LogP contribution >= 0.6 is 15.9 Å². The van der Waals surface area contributed by atoms with Crippen molar-refractivity contribution in [1.82, 2.24) is 10.7 Å². The Bertz CT molecular complexity index is 851. The number of hydrogen-bond donors (Lipinski definition) is 2. The van der Waals surface area contributed by atoms with Gasteiger partial charge in [-0.05, 0) is 55.3 Å². The largest absolute Gasteiger partial charge is 0.493 e. The van der Waals surface area contributed by atoms with Crippen LogP contribution in [0.4, 0.5) is 0 Å². The van der Waals surface area contributed by atoms with Gasteiger partial charge in [0.25, 0.3) is 0 Å². The number of carbonyl (C=O) groups excluding carboxylic acids is 2. The van der Waals surface area contributed by atoms with Gasteiger partial charge in [-0.2, -0.15) is 5.10 Å². The molecule has 0 radical (unpaired) electrons. The molecule has 0 saturated carbocycles. The number of amides is 2. The van der Waals surface area contributed by atoms with Gasteiger partial charge < -0.3 is 14.8 Å². The van der Waals surface area contributed by atoms with Crippen LogP contribution in [0.3, 0.4) is 0 Å². The number of hydrogen-bond acceptors (Lipinski definition) is 5. The highest BCUT2D eigenvalue weighted by atomic mass is 79.9. The summed E-state index contributed by atoms with van der Waals surface area (Å²) >= 11 is 3.40. The molecular weight excluding hydrogens is 426 g/mol. The minimum Gasteiger partial charge on any atom is -0.493 e. The van der Waals surface area contributed by atoms with Gasteiger partial charge >= 0.3 is 11.8 Å². The van der Waals surface area contributed by atoms with E-state index in [1.807, 2.05) is 24.3 Å². The van der Waals surface area contributed by atoms with Gasteiger partial charge in [-0.3, -0.25) is 9.59 Å². The van der Waals surface area contributed by atoms with E-state index in [0.717, 1.165) is 10.0 Å². The van der Waals surface area contributed by atoms with E-state index in [1.165, 1.54) is 6.21 Å². The van der Waals surface area contributed by atoms with Gasteiger partial charge in [0.2, 0.25) is 0 Å². The molecule has 148 valence electrons. The highest BCUT2D eigenvalue weighted by Crippen LogP contribution is 2.28. The maximum atomic E-state index is 11.6. The average molecular weight is 448 g/mol. The third-order valence-corrected chi connectivity index (χ3v) is 4.03. The summed E-state index contributed by atoms with van der Waals surface area (Å²) in [7, 11) is 1.54. The maximum absolute atomic E-state index is 11.6. The van der Waals surface area contributed by atoms with Crippen molar-refractivity contribution in [1.29, 1.82) is 0 Å². The quantitative estimate of drug-likeness (QED) is 0.387. The lowest BCUT2D eigenvalue weighted by atomic mass is 10.2. The monoisotopic (exact) mass is 447 g/mol. The summed E-state index contributed by atoms with van der Waals surface area (Å²) in [6, 6.07) is 13.0. The molecule has 0 aromatic heterocycles. The molecule has 0 saturated heterocycles. The van der Waals surface area contributed by atoms with Crippen LogP contribution in [0.1, 0.15) is 25.0 Å². The minimum absolute atomic E-state index is 0.128. The number of methoxy groups -OCH3 is 1. The van der Waals surface area contributed by atoms with Gasteiger partial charge in [0, 0.05) is 10.5 Å². The second kappa shape index (κ2) is 10.5. The molecule has 0 unspecified atom stereocenters. The SMILES string of the molecule is COc1cc(/C=N/NC(=O)C(=O)NC(C)C)ccc1OCc1ccc(Br)cc1. The van der Waals surface area contributed by atoms with Crippen LogP contribution < -0.4 is 20.2 Å². The van der Waals surface area contributed by atoms with Gasteiger partial charge in [-0.25, -0.2) is 5.43 Å². The second-order valence-electron chi connectivity index (χ2n) is 6.15. The van der Waals surface area contributed by atoms with Gasteiger partial charge in [0.1, 0.15) is 6.61 Å². The fraction of sp³-hybridized carbons (Fsp3) is 0.250. The first-order valence-corrected chi connectivity index (χ1v) is 9.37. The van der Waals surface area contributed by atoms with Gasteiger partial charge in [0.05, 0.1) is 13.3 Å². The van der Waals surface area contributed by atoms with E-state index in [4.69, 9.17) is 9.47 Å². The van der Waals surface area contributed by atoms with Crippen LogP contribution in [0.25, 0.3) is 0 Å². The third-order valence-electron chi connectivity index (χ3n) is 3.50. The average Bonchev–Trinajstić information content (AvgIpc) is 2.67. The first-order chi connectivity index (χ1) is 13.4. The summed E-state index contributed by atoms with van der Waals surface area (Å²) in [6.07, 6.45) is 1.42. The van der Waals surface area contributed by atoms with Crippen LogP contribution in [0.5, 0.6) is 11.5 Å². The van der Waals surface area contributed by atoms with E-state index in [-0.39, 0.29) is 6.04 Å². The van der Waals surface area contributed by atoms with Crippen LogP contribution in [0.2, 0.25) is 0 Å². The number of nitrogens with one attached hydrogen (secondary N) is 2. The van der Waals surface area contributed by atoms with Crippen molar-refractivity contribution in [2.45, 2.75) is 26.5 Å². The molecule has 28 heavy (non-hydrogen) atoms. The summed E-state index contributed by atoms with van der Waals surface area (Å²) in [5, 5.41) is 6.27. The van der Waals surface area contributed by atoms with Crippen LogP contribution in [0, 0.1) is 0 Å². The number of halogens is 1. The Hall–Kier alpha value is -2.87. The Morgan fingerprint density at radius 3 is 2.46 bits per heavy atom. The molecule has 0 heterocycles. The predicted octanol–water partition coefficient (Wildman–Crippen LogP) is 3.01. The summed E-state index contributed by atoms with van der Waals surface area (Å²) in [5.41, 5.74) is 3.89. The fourth-order valence-corrected chi connectivity index (χ4v) is 2.43. The molecule has 7 nitrogen and oxygen atoms in total. The van der Waals surface area contributed by atoms with Crippen molar-refractivity contribution >= 4 is 34.0 Å². The normalized spacial score (nSPS) is 10.8. The Kier molecular flexibility index (Phi) is 8.01. The van der Waals surface area contributed by atoms with Crippen molar-refractivity contribution in [3.8, 4) is 11.5 Å². The smallest absolute Gasteiger partial charge is 0.329 e. The molecule has 2 amide bonds. The summed E-state index contributed by atoms with van der Waals surface area (Å²) in [4.78, 5) is 23.1. The lowest BCUT2D eigenvalue weighted by molar-refractivity contribution is -0.139. The minimum atomic E-state index is -0.827. The molecule has 2 aromatic rings. The van der Waals surface area contributed by atoms with Gasteiger partial charge in [0.15, 0.2) is 11.5 Å². The van der Waals surface area contributed by atoms with Crippen LogP contribution in [0.15, 0.2) is 52.0 Å². The van der Waals surface area contributed by atoms with Crippen LogP contribution in [-0.2, 0) is 16.2 Å². The molecule has 0 aliphatic carbocycles. The number of carbonyl (C=O) groups is 2. The second-order valence-corrected chi connectivity index (χ2v) is 7.07. The standard InChI is InChI=1S/C20H22BrN3O4/c1-13(2)23-19(25)20(26)24-22-11-15-6-9-17(18(10-15)27-3)28-12-14-4-7-16(21)8-5-14/h4-11,13H,12H2,1-3H3,(H,23,25)(H,24,26)/b22-11+. The Morgan fingerprint density at radius 2 is 1.82 bits per heavy atom. The van der Waals surface area contributed by atoms with Gasteiger partial charge in [-0.1, -0.05) is 28.1 Å². The molecule has 2 rings (SSSR count). The first kappa shape index (κ1) is 21.4. The molecule has 0 bridgehead atoms. The topological polar surface area (TPSA) is 89.0 Å². The number of nitrogens with zero attached hydrogens (tertiary/aromatic N) is 1. The predicted molar refractivity (Wildman–Crippen MR) is 110 cm³/mol. The molecule has 8 heteroatoms. The maximum Gasteiger partial charge on any atom is 0.329 e. The molecule has 0 fully saturated rings. The number of benzene rings is 2. The van der Waals surface area contributed by atoms with E-state index in [0.29, 0.717) is 23.7 Å². The fourth-order valence-electron chi connectivity index (χ4n) is 2.17. The summed E-state index contributed by atoms with van der Waals surface area (Å²) in [5.74, 6) is -0.444. The molecule has 0 aliphatic rings. The Balaban J connectivity index is 1.97. The highest BCUT2D eigenvalue weighted by molar-refractivity contribution is 9.10. The molecule has 0 spiro atoms. The lowest BCUT2D eigenvalue weighted by Crippen LogP contribution is -2.41. The first-order valence-electron chi connectivity index (χ1n) is 8.58. The number of ether oxygens (including phenoxy) is 2. The van der Waals surface area contributed by atoms with Crippen molar-refractivity contribution in [2.75, 3.05) is 7.11 Å². The third kappa shape index (κ3) is 6.70. The lowest BCUT2D eigenvalue weighted by Gasteiger charge is -2.11. The molecule has 2 aromatic carbocycles. The van der Waals surface area contributed by atoms with Crippen molar-refractivity contribution in [2.24, 2.45) is 5.10 Å². The Labute approximate surface area is 172 Å². The summed E-state index contributed by atoms with van der Waals surface area (Å²) < 4.78 is 12.2.